The summed E-state index contributed by atoms with van der Waals surface area (Å²) in [6.07, 6.45) is 0.453. The Labute approximate surface area is 124 Å². The van der Waals surface area contributed by atoms with Crippen molar-refractivity contribution in [2.45, 2.75) is 19.9 Å². The van der Waals surface area contributed by atoms with E-state index in [-0.39, 0.29) is 11.8 Å². The highest BCUT2D eigenvalue weighted by Crippen LogP contribution is 2.10. The van der Waals surface area contributed by atoms with Crippen LogP contribution in [0.3, 0.4) is 0 Å². The first-order chi connectivity index (χ1) is 10.2. The van der Waals surface area contributed by atoms with Crippen LogP contribution in [-0.4, -0.2) is 11.8 Å². The van der Waals surface area contributed by atoms with E-state index in [1.165, 1.54) is 0 Å². The van der Waals surface area contributed by atoms with Gasteiger partial charge in [0, 0.05) is 24.2 Å². The van der Waals surface area contributed by atoms with Gasteiger partial charge in [0.1, 0.15) is 0 Å². The molecule has 2 N–H and O–H groups in total. The molecule has 21 heavy (non-hydrogen) atoms. The molecule has 0 fully saturated rings. The summed E-state index contributed by atoms with van der Waals surface area (Å²) >= 11 is 0. The predicted octanol–water partition coefficient (Wildman–Crippen LogP) is 2.97. The maximum absolute atomic E-state index is 11.9. The molecule has 0 bridgehead atoms. The Morgan fingerprint density at radius 2 is 1.62 bits per heavy atom. The van der Waals surface area contributed by atoms with Crippen molar-refractivity contribution in [1.82, 2.24) is 5.32 Å². The molecule has 0 saturated heterocycles. The number of amides is 2. The number of benzene rings is 2. The first-order valence-corrected chi connectivity index (χ1v) is 6.91. The van der Waals surface area contributed by atoms with E-state index >= 15 is 0 Å². The van der Waals surface area contributed by atoms with Crippen LogP contribution in [-0.2, 0) is 11.3 Å². The Hall–Kier alpha value is -2.62. The molecule has 0 aliphatic rings. The molecule has 2 aromatic rings. The Balaban J connectivity index is 1.89. The molecule has 2 rings (SSSR count). The fraction of sp³-hybridized carbons (Fsp3) is 0.176. The van der Waals surface area contributed by atoms with Gasteiger partial charge in [-0.25, -0.2) is 0 Å². The maximum atomic E-state index is 11.9. The Morgan fingerprint density at radius 3 is 2.24 bits per heavy atom. The van der Waals surface area contributed by atoms with E-state index in [9.17, 15) is 9.59 Å². The van der Waals surface area contributed by atoms with Gasteiger partial charge in [-0.1, -0.05) is 37.3 Å². The van der Waals surface area contributed by atoms with Gasteiger partial charge in [-0.15, -0.1) is 0 Å². The minimum absolute atomic E-state index is 0.0138. The van der Waals surface area contributed by atoms with Gasteiger partial charge in [-0.05, 0) is 29.8 Å². The zero-order valence-electron chi connectivity index (χ0n) is 11.9. The van der Waals surface area contributed by atoms with Crippen LogP contribution in [0, 0.1) is 0 Å². The van der Waals surface area contributed by atoms with E-state index in [1.807, 2.05) is 49.4 Å². The molecular weight excluding hydrogens is 264 g/mol. The van der Waals surface area contributed by atoms with Crippen LogP contribution in [0.2, 0.25) is 0 Å². The summed E-state index contributed by atoms with van der Waals surface area (Å²) in [5.74, 6) is -0.112. The third-order valence-corrected chi connectivity index (χ3v) is 3.05. The van der Waals surface area contributed by atoms with E-state index in [4.69, 9.17) is 0 Å². The molecule has 0 unspecified atom stereocenters. The van der Waals surface area contributed by atoms with Gasteiger partial charge in [0.15, 0.2) is 0 Å². The molecule has 0 aliphatic carbocycles. The van der Waals surface area contributed by atoms with Gasteiger partial charge in [-0.2, -0.15) is 0 Å². The standard InChI is InChI=1S/C17H18N2O2/c1-2-16(20)19-15-10-8-13(9-11-15)12-18-17(21)14-6-4-3-5-7-14/h3-11H,2,12H2,1H3,(H,18,21)(H,19,20). The Morgan fingerprint density at radius 1 is 0.952 bits per heavy atom. The summed E-state index contributed by atoms with van der Waals surface area (Å²) in [6.45, 7) is 2.26. The third-order valence-electron chi connectivity index (χ3n) is 3.05. The smallest absolute Gasteiger partial charge is 0.251 e. The Kier molecular flexibility index (Phi) is 5.10. The van der Waals surface area contributed by atoms with Crippen LogP contribution in [0.15, 0.2) is 54.6 Å². The van der Waals surface area contributed by atoms with Gasteiger partial charge in [-0.3, -0.25) is 9.59 Å². The lowest BCUT2D eigenvalue weighted by molar-refractivity contribution is -0.115. The highest BCUT2D eigenvalue weighted by molar-refractivity contribution is 5.94. The van der Waals surface area contributed by atoms with Crippen molar-refractivity contribution in [3.8, 4) is 0 Å². The molecule has 0 radical (unpaired) electrons. The fourth-order valence-corrected chi connectivity index (χ4v) is 1.83. The van der Waals surface area contributed by atoms with Crippen LogP contribution < -0.4 is 10.6 Å². The van der Waals surface area contributed by atoms with Gasteiger partial charge in [0.2, 0.25) is 5.91 Å². The number of nitrogens with one attached hydrogen (secondary N) is 2. The summed E-state index contributed by atoms with van der Waals surface area (Å²) in [4.78, 5) is 23.2. The molecule has 0 heterocycles. The first-order valence-electron chi connectivity index (χ1n) is 6.91. The van der Waals surface area contributed by atoms with Crippen molar-refractivity contribution in [3.63, 3.8) is 0 Å². The molecule has 0 saturated carbocycles. The number of hydrogen-bond donors (Lipinski definition) is 2. The summed E-state index contributed by atoms with van der Waals surface area (Å²) in [7, 11) is 0. The number of rotatable bonds is 5. The van der Waals surface area contributed by atoms with E-state index in [0.717, 1.165) is 11.3 Å². The third kappa shape index (κ3) is 4.45. The fourth-order valence-electron chi connectivity index (χ4n) is 1.83. The minimum atomic E-state index is -0.0982. The van der Waals surface area contributed by atoms with E-state index in [1.54, 1.807) is 12.1 Å². The van der Waals surface area contributed by atoms with Crippen LogP contribution in [0.1, 0.15) is 29.3 Å². The first kappa shape index (κ1) is 14.8. The molecule has 0 aliphatic heterocycles. The van der Waals surface area contributed by atoms with E-state index < -0.39 is 0 Å². The number of hydrogen-bond acceptors (Lipinski definition) is 2. The van der Waals surface area contributed by atoms with Gasteiger partial charge in [0.05, 0.1) is 0 Å². The average molecular weight is 282 g/mol. The zero-order chi connectivity index (χ0) is 15.1. The molecular formula is C17H18N2O2. The number of carbonyl (C=O) groups is 2. The lowest BCUT2D eigenvalue weighted by atomic mass is 10.2. The highest BCUT2D eigenvalue weighted by Gasteiger charge is 2.04. The summed E-state index contributed by atoms with van der Waals surface area (Å²) in [5, 5.41) is 5.64. The summed E-state index contributed by atoms with van der Waals surface area (Å²) in [6, 6.07) is 16.5. The van der Waals surface area contributed by atoms with E-state index in [0.29, 0.717) is 18.5 Å². The molecule has 4 nitrogen and oxygen atoms in total. The minimum Gasteiger partial charge on any atom is -0.348 e. The van der Waals surface area contributed by atoms with Crippen LogP contribution in [0.5, 0.6) is 0 Å². The molecule has 4 heteroatoms. The number of anilines is 1. The monoisotopic (exact) mass is 282 g/mol. The summed E-state index contributed by atoms with van der Waals surface area (Å²) < 4.78 is 0. The number of carbonyl (C=O) groups excluding carboxylic acids is 2. The topological polar surface area (TPSA) is 58.2 Å². The molecule has 2 amide bonds. The highest BCUT2D eigenvalue weighted by atomic mass is 16.2. The van der Waals surface area contributed by atoms with Crippen molar-refractivity contribution in [2.24, 2.45) is 0 Å². The molecule has 108 valence electrons. The zero-order valence-corrected chi connectivity index (χ0v) is 11.9. The molecule has 2 aromatic carbocycles. The van der Waals surface area contributed by atoms with Gasteiger partial charge >= 0.3 is 0 Å². The van der Waals surface area contributed by atoms with E-state index in [2.05, 4.69) is 10.6 Å². The quantitative estimate of drug-likeness (QED) is 0.885. The van der Waals surface area contributed by atoms with Crippen molar-refractivity contribution in [2.75, 3.05) is 5.32 Å². The molecule has 0 aromatic heterocycles. The van der Waals surface area contributed by atoms with Crippen LogP contribution in [0.4, 0.5) is 5.69 Å². The second-order valence-electron chi connectivity index (χ2n) is 4.65. The normalized spacial score (nSPS) is 9.95. The SMILES string of the molecule is CCC(=O)Nc1ccc(CNC(=O)c2ccccc2)cc1. The summed E-state index contributed by atoms with van der Waals surface area (Å²) in [5.41, 5.74) is 2.39. The molecule has 0 spiro atoms. The van der Waals surface area contributed by atoms with Gasteiger partial charge in [0.25, 0.3) is 5.91 Å². The molecule has 0 atom stereocenters. The van der Waals surface area contributed by atoms with Crippen LogP contribution >= 0.6 is 0 Å². The lowest BCUT2D eigenvalue weighted by Crippen LogP contribution is -2.22. The maximum Gasteiger partial charge on any atom is 0.251 e. The van der Waals surface area contributed by atoms with Crippen molar-refractivity contribution >= 4 is 17.5 Å². The van der Waals surface area contributed by atoms with Crippen molar-refractivity contribution in [3.05, 3.63) is 65.7 Å². The predicted molar refractivity (Wildman–Crippen MR) is 83.0 cm³/mol. The second kappa shape index (κ2) is 7.24. The lowest BCUT2D eigenvalue weighted by Gasteiger charge is -2.07. The average Bonchev–Trinajstić information content (AvgIpc) is 2.54. The van der Waals surface area contributed by atoms with Crippen molar-refractivity contribution in [1.29, 1.82) is 0 Å². The Bertz CT molecular complexity index is 606. The largest absolute Gasteiger partial charge is 0.348 e. The second-order valence-corrected chi connectivity index (χ2v) is 4.65. The van der Waals surface area contributed by atoms with Crippen LogP contribution in [0.25, 0.3) is 0 Å². The van der Waals surface area contributed by atoms with Crippen molar-refractivity contribution < 1.29 is 9.59 Å². The van der Waals surface area contributed by atoms with Gasteiger partial charge < -0.3 is 10.6 Å².